The first-order valence-corrected chi connectivity index (χ1v) is 9.25. The summed E-state index contributed by atoms with van der Waals surface area (Å²) in [6.07, 6.45) is 1.57. The van der Waals surface area contributed by atoms with Crippen LogP contribution in [0, 0.1) is 5.92 Å². The molecule has 0 bridgehead atoms. The standard InChI is InChI=1S/C22H24N4O2/c1-16(2)14-24-22-23-13-12-20(26-22)21(27)25-18-8-10-19(11-9-18)28-15-17-6-4-3-5-7-17/h3-13,16H,14-15H2,1-2H3,(H,25,27)(H,23,24,26). The highest BCUT2D eigenvalue weighted by Crippen LogP contribution is 2.18. The van der Waals surface area contributed by atoms with Gasteiger partial charge in [0.2, 0.25) is 5.95 Å². The van der Waals surface area contributed by atoms with Crippen molar-refractivity contribution in [3.8, 4) is 5.75 Å². The fraction of sp³-hybridized carbons (Fsp3) is 0.227. The monoisotopic (exact) mass is 376 g/mol. The van der Waals surface area contributed by atoms with E-state index in [2.05, 4.69) is 34.4 Å². The third-order valence-electron chi connectivity index (χ3n) is 3.92. The van der Waals surface area contributed by atoms with Gasteiger partial charge in [0.25, 0.3) is 5.91 Å². The van der Waals surface area contributed by atoms with E-state index in [4.69, 9.17) is 4.74 Å². The Morgan fingerprint density at radius 3 is 2.50 bits per heavy atom. The molecule has 0 aliphatic rings. The molecule has 0 radical (unpaired) electrons. The first-order chi connectivity index (χ1) is 13.6. The Hall–Kier alpha value is -3.41. The van der Waals surface area contributed by atoms with Gasteiger partial charge in [0.1, 0.15) is 18.1 Å². The van der Waals surface area contributed by atoms with Crippen LogP contribution in [0.5, 0.6) is 5.75 Å². The van der Waals surface area contributed by atoms with Crippen molar-refractivity contribution in [2.75, 3.05) is 17.2 Å². The molecule has 0 atom stereocenters. The highest BCUT2D eigenvalue weighted by Gasteiger charge is 2.10. The molecule has 3 rings (SSSR count). The first kappa shape index (κ1) is 19.4. The lowest BCUT2D eigenvalue weighted by atomic mass is 10.2. The third-order valence-corrected chi connectivity index (χ3v) is 3.92. The van der Waals surface area contributed by atoms with E-state index in [1.54, 1.807) is 24.4 Å². The minimum absolute atomic E-state index is 0.284. The van der Waals surface area contributed by atoms with Gasteiger partial charge in [0.15, 0.2) is 0 Å². The Labute approximate surface area is 165 Å². The summed E-state index contributed by atoms with van der Waals surface area (Å²) in [5.41, 5.74) is 2.09. The number of carbonyl (C=O) groups is 1. The zero-order valence-electron chi connectivity index (χ0n) is 16.1. The van der Waals surface area contributed by atoms with Gasteiger partial charge in [-0.05, 0) is 41.8 Å². The summed E-state index contributed by atoms with van der Waals surface area (Å²) in [6.45, 7) is 5.43. The maximum atomic E-state index is 12.4. The Bertz CT molecular complexity index is 896. The average Bonchev–Trinajstić information content (AvgIpc) is 2.73. The number of aromatic nitrogens is 2. The van der Waals surface area contributed by atoms with Gasteiger partial charge in [-0.15, -0.1) is 0 Å². The van der Waals surface area contributed by atoms with Gasteiger partial charge < -0.3 is 15.4 Å². The molecule has 2 aromatic carbocycles. The van der Waals surface area contributed by atoms with Crippen LogP contribution < -0.4 is 15.4 Å². The van der Waals surface area contributed by atoms with Crippen molar-refractivity contribution in [1.82, 2.24) is 9.97 Å². The zero-order valence-corrected chi connectivity index (χ0v) is 16.1. The fourth-order valence-corrected chi connectivity index (χ4v) is 2.44. The number of rotatable bonds is 8. The van der Waals surface area contributed by atoms with Crippen molar-refractivity contribution in [2.24, 2.45) is 5.92 Å². The second kappa shape index (κ2) is 9.50. The smallest absolute Gasteiger partial charge is 0.274 e. The minimum atomic E-state index is -0.284. The largest absolute Gasteiger partial charge is 0.489 e. The molecule has 1 heterocycles. The molecular weight excluding hydrogens is 352 g/mol. The van der Waals surface area contributed by atoms with E-state index in [0.29, 0.717) is 29.9 Å². The van der Waals surface area contributed by atoms with Crippen molar-refractivity contribution in [1.29, 1.82) is 0 Å². The molecule has 0 saturated heterocycles. The van der Waals surface area contributed by atoms with Crippen LogP contribution in [0.1, 0.15) is 29.9 Å². The second-order valence-corrected chi connectivity index (χ2v) is 6.79. The average molecular weight is 376 g/mol. The molecule has 0 spiro atoms. The van der Waals surface area contributed by atoms with Crippen LogP contribution in [0.2, 0.25) is 0 Å². The van der Waals surface area contributed by atoms with Gasteiger partial charge >= 0.3 is 0 Å². The SMILES string of the molecule is CC(C)CNc1nccc(C(=O)Nc2ccc(OCc3ccccc3)cc2)n1. The Morgan fingerprint density at radius 2 is 1.79 bits per heavy atom. The number of carbonyl (C=O) groups excluding carboxylic acids is 1. The van der Waals surface area contributed by atoms with Crippen LogP contribution in [0.25, 0.3) is 0 Å². The molecule has 0 aliphatic carbocycles. The highest BCUT2D eigenvalue weighted by molar-refractivity contribution is 6.02. The summed E-state index contributed by atoms with van der Waals surface area (Å²) in [5, 5.41) is 5.96. The molecule has 0 unspecified atom stereocenters. The van der Waals surface area contributed by atoms with E-state index < -0.39 is 0 Å². The third kappa shape index (κ3) is 5.81. The molecule has 3 aromatic rings. The topological polar surface area (TPSA) is 76.1 Å². The lowest BCUT2D eigenvalue weighted by Crippen LogP contribution is -2.16. The maximum absolute atomic E-state index is 12.4. The molecule has 1 amide bonds. The number of ether oxygens (including phenoxy) is 1. The summed E-state index contributed by atoms with van der Waals surface area (Å²) in [6, 6.07) is 18.8. The number of amides is 1. The second-order valence-electron chi connectivity index (χ2n) is 6.79. The van der Waals surface area contributed by atoms with Gasteiger partial charge in [-0.3, -0.25) is 4.79 Å². The van der Waals surface area contributed by atoms with Crippen LogP contribution in [0.3, 0.4) is 0 Å². The molecule has 0 fully saturated rings. The molecule has 28 heavy (non-hydrogen) atoms. The van der Waals surface area contributed by atoms with Gasteiger partial charge in [-0.2, -0.15) is 0 Å². The zero-order chi connectivity index (χ0) is 19.8. The Morgan fingerprint density at radius 1 is 1.04 bits per heavy atom. The van der Waals surface area contributed by atoms with E-state index in [1.807, 2.05) is 42.5 Å². The number of hydrogen-bond acceptors (Lipinski definition) is 5. The molecule has 6 heteroatoms. The highest BCUT2D eigenvalue weighted by atomic mass is 16.5. The maximum Gasteiger partial charge on any atom is 0.274 e. The summed E-state index contributed by atoms with van der Waals surface area (Å²) in [5.74, 6) is 1.37. The van der Waals surface area contributed by atoms with Crippen molar-refractivity contribution in [2.45, 2.75) is 20.5 Å². The minimum Gasteiger partial charge on any atom is -0.489 e. The predicted octanol–water partition coefficient (Wildman–Crippen LogP) is 4.38. The van der Waals surface area contributed by atoms with E-state index in [-0.39, 0.29) is 5.91 Å². The summed E-state index contributed by atoms with van der Waals surface area (Å²) < 4.78 is 5.76. The van der Waals surface area contributed by atoms with Crippen LogP contribution in [-0.2, 0) is 6.61 Å². The molecule has 1 aromatic heterocycles. The van der Waals surface area contributed by atoms with Crippen LogP contribution in [-0.4, -0.2) is 22.4 Å². The van der Waals surface area contributed by atoms with E-state index in [0.717, 1.165) is 17.9 Å². The van der Waals surface area contributed by atoms with E-state index >= 15 is 0 Å². The summed E-state index contributed by atoms with van der Waals surface area (Å²) in [4.78, 5) is 20.8. The number of nitrogens with zero attached hydrogens (tertiary/aromatic N) is 2. The normalized spacial score (nSPS) is 10.5. The summed E-state index contributed by atoms with van der Waals surface area (Å²) >= 11 is 0. The molecule has 0 aliphatic heterocycles. The van der Waals surface area contributed by atoms with Crippen LogP contribution in [0.4, 0.5) is 11.6 Å². The number of benzene rings is 2. The van der Waals surface area contributed by atoms with Gasteiger partial charge in [0, 0.05) is 18.4 Å². The summed E-state index contributed by atoms with van der Waals surface area (Å²) in [7, 11) is 0. The molecule has 144 valence electrons. The Balaban J connectivity index is 1.56. The van der Waals surface area contributed by atoms with Crippen molar-refractivity contribution in [3.05, 3.63) is 78.1 Å². The first-order valence-electron chi connectivity index (χ1n) is 9.25. The molecule has 0 saturated carbocycles. The van der Waals surface area contributed by atoms with Gasteiger partial charge in [0.05, 0.1) is 0 Å². The predicted molar refractivity (Wildman–Crippen MR) is 111 cm³/mol. The lowest BCUT2D eigenvalue weighted by molar-refractivity contribution is 0.102. The van der Waals surface area contributed by atoms with Gasteiger partial charge in [-0.1, -0.05) is 44.2 Å². The van der Waals surface area contributed by atoms with Gasteiger partial charge in [-0.25, -0.2) is 9.97 Å². The van der Waals surface area contributed by atoms with Crippen LogP contribution >= 0.6 is 0 Å². The quantitative estimate of drug-likeness (QED) is 0.610. The molecule has 6 nitrogen and oxygen atoms in total. The number of anilines is 2. The molecular formula is C22H24N4O2. The molecule has 2 N–H and O–H groups in total. The number of hydrogen-bond donors (Lipinski definition) is 2. The fourth-order valence-electron chi connectivity index (χ4n) is 2.44. The Kier molecular flexibility index (Phi) is 6.57. The van der Waals surface area contributed by atoms with Crippen LogP contribution in [0.15, 0.2) is 66.9 Å². The number of nitrogens with one attached hydrogen (secondary N) is 2. The van der Waals surface area contributed by atoms with E-state index in [1.165, 1.54) is 0 Å². The van der Waals surface area contributed by atoms with E-state index in [9.17, 15) is 4.79 Å². The lowest BCUT2D eigenvalue weighted by Gasteiger charge is -2.10. The van der Waals surface area contributed by atoms with Crippen molar-refractivity contribution < 1.29 is 9.53 Å². The van der Waals surface area contributed by atoms with Crippen molar-refractivity contribution >= 4 is 17.5 Å². The van der Waals surface area contributed by atoms with Crippen molar-refractivity contribution in [3.63, 3.8) is 0 Å².